The first-order valence-corrected chi connectivity index (χ1v) is 7.23. The van der Waals surface area contributed by atoms with E-state index in [2.05, 4.69) is 19.2 Å². The molecule has 5 heteroatoms. The molecule has 0 spiro atoms. The van der Waals surface area contributed by atoms with Crippen molar-refractivity contribution in [3.63, 3.8) is 0 Å². The van der Waals surface area contributed by atoms with Crippen molar-refractivity contribution in [3.05, 3.63) is 27.2 Å². The van der Waals surface area contributed by atoms with Gasteiger partial charge in [-0.2, -0.15) is 0 Å². The van der Waals surface area contributed by atoms with Gasteiger partial charge in [-0.15, -0.1) is 0 Å². The highest BCUT2D eigenvalue weighted by atomic mass is 35.5. The van der Waals surface area contributed by atoms with E-state index in [0.29, 0.717) is 20.8 Å². The number of halogens is 3. The van der Waals surface area contributed by atoms with E-state index in [1.54, 1.807) is 12.1 Å². The van der Waals surface area contributed by atoms with E-state index >= 15 is 0 Å². The molecule has 0 aliphatic rings. The molecular formula is C13H18Cl3NO. The maximum absolute atomic E-state index is 6.08. The predicted octanol–water partition coefficient (Wildman–Crippen LogP) is 4.80. The van der Waals surface area contributed by atoms with Crippen molar-refractivity contribution in [2.24, 2.45) is 0 Å². The SMILES string of the molecule is CCCNCC(CC)Oc1cc(Cl)c(Cl)cc1Cl. The van der Waals surface area contributed by atoms with E-state index in [-0.39, 0.29) is 6.10 Å². The second-order valence-corrected chi connectivity index (χ2v) is 5.27. The van der Waals surface area contributed by atoms with E-state index in [1.807, 2.05) is 0 Å². The van der Waals surface area contributed by atoms with Crippen LogP contribution in [0.25, 0.3) is 0 Å². The molecule has 0 amide bonds. The molecule has 2 nitrogen and oxygen atoms in total. The zero-order valence-corrected chi connectivity index (χ0v) is 12.9. The van der Waals surface area contributed by atoms with Crippen LogP contribution in [0.15, 0.2) is 12.1 Å². The Kier molecular flexibility index (Phi) is 7.16. The van der Waals surface area contributed by atoms with E-state index in [0.717, 1.165) is 25.9 Å². The molecule has 1 N–H and O–H groups in total. The van der Waals surface area contributed by atoms with Crippen molar-refractivity contribution < 1.29 is 4.74 Å². The lowest BCUT2D eigenvalue weighted by molar-refractivity contribution is 0.194. The van der Waals surface area contributed by atoms with Crippen LogP contribution in [0.2, 0.25) is 15.1 Å². The minimum atomic E-state index is 0.0753. The number of nitrogens with one attached hydrogen (secondary N) is 1. The Balaban J connectivity index is 2.66. The van der Waals surface area contributed by atoms with Gasteiger partial charge in [0.25, 0.3) is 0 Å². The first-order valence-electron chi connectivity index (χ1n) is 6.10. The van der Waals surface area contributed by atoms with Crippen molar-refractivity contribution in [2.45, 2.75) is 32.8 Å². The van der Waals surface area contributed by atoms with Crippen molar-refractivity contribution in [1.82, 2.24) is 5.32 Å². The molecule has 1 aromatic carbocycles. The highest BCUT2D eigenvalue weighted by Gasteiger charge is 2.12. The third kappa shape index (κ3) is 4.85. The zero-order chi connectivity index (χ0) is 13.5. The number of rotatable bonds is 7. The van der Waals surface area contributed by atoms with Crippen LogP contribution in [0.1, 0.15) is 26.7 Å². The van der Waals surface area contributed by atoms with Gasteiger partial charge in [-0.3, -0.25) is 0 Å². The Morgan fingerprint density at radius 2 is 1.78 bits per heavy atom. The standard InChI is InChI=1S/C13H18Cl3NO/c1-3-5-17-8-9(4-2)18-13-7-11(15)10(14)6-12(13)16/h6-7,9,17H,3-5,8H2,1-2H3. The Morgan fingerprint density at radius 3 is 2.39 bits per heavy atom. The lowest BCUT2D eigenvalue weighted by Crippen LogP contribution is -2.31. The van der Waals surface area contributed by atoms with Gasteiger partial charge in [0.15, 0.2) is 0 Å². The molecule has 0 aliphatic heterocycles. The molecule has 0 aliphatic carbocycles. The van der Waals surface area contributed by atoms with E-state index < -0.39 is 0 Å². The molecule has 1 aromatic rings. The Bertz CT molecular complexity index is 385. The van der Waals surface area contributed by atoms with Crippen molar-refractivity contribution in [1.29, 1.82) is 0 Å². The summed E-state index contributed by atoms with van der Waals surface area (Å²) in [7, 11) is 0. The molecule has 1 unspecified atom stereocenters. The summed E-state index contributed by atoms with van der Waals surface area (Å²) >= 11 is 17.9. The van der Waals surface area contributed by atoms with Gasteiger partial charge in [0.2, 0.25) is 0 Å². The molecule has 0 radical (unpaired) electrons. The Morgan fingerprint density at radius 1 is 1.11 bits per heavy atom. The molecule has 0 bridgehead atoms. The highest BCUT2D eigenvalue weighted by molar-refractivity contribution is 6.43. The number of benzene rings is 1. The van der Waals surface area contributed by atoms with E-state index in [9.17, 15) is 0 Å². The zero-order valence-electron chi connectivity index (χ0n) is 10.6. The molecule has 102 valence electrons. The summed E-state index contributed by atoms with van der Waals surface area (Å²) in [5, 5.41) is 4.70. The van der Waals surface area contributed by atoms with Crippen LogP contribution in [-0.4, -0.2) is 19.2 Å². The molecular weight excluding hydrogens is 293 g/mol. The topological polar surface area (TPSA) is 21.3 Å². The minimum Gasteiger partial charge on any atom is -0.487 e. The lowest BCUT2D eigenvalue weighted by Gasteiger charge is -2.19. The van der Waals surface area contributed by atoms with Crippen LogP contribution in [0, 0.1) is 0 Å². The van der Waals surface area contributed by atoms with Crippen LogP contribution in [0.5, 0.6) is 5.75 Å². The summed E-state index contributed by atoms with van der Waals surface area (Å²) in [6.07, 6.45) is 2.07. The molecule has 0 saturated carbocycles. The lowest BCUT2D eigenvalue weighted by atomic mass is 10.2. The summed E-state index contributed by atoms with van der Waals surface area (Å²) < 4.78 is 5.84. The molecule has 18 heavy (non-hydrogen) atoms. The first-order chi connectivity index (χ1) is 8.58. The van der Waals surface area contributed by atoms with Gasteiger partial charge in [-0.1, -0.05) is 48.7 Å². The third-order valence-corrected chi connectivity index (χ3v) is 3.54. The van der Waals surface area contributed by atoms with E-state index in [1.165, 1.54) is 0 Å². The number of hydrogen-bond acceptors (Lipinski definition) is 2. The molecule has 0 fully saturated rings. The van der Waals surface area contributed by atoms with Gasteiger partial charge in [-0.25, -0.2) is 0 Å². The number of ether oxygens (including phenoxy) is 1. The fourth-order valence-electron chi connectivity index (χ4n) is 1.48. The van der Waals surface area contributed by atoms with Gasteiger partial charge in [0, 0.05) is 12.6 Å². The van der Waals surface area contributed by atoms with Crippen LogP contribution < -0.4 is 10.1 Å². The highest BCUT2D eigenvalue weighted by Crippen LogP contribution is 2.34. The van der Waals surface area contributed by atoms with Crippen LogP contribution in [-0.2, 0) is 0 Å². The fourth-order valence-corrected chi connectivity index (χ4v) is 2.06. The Labute approximate surface area is 124 Å². The van der Waals surface area contributed by atoms with Crippen LogP contribution >= 0.6 is 34.8 Å². The van der Waals surface area contributed by atoms with Gasteiger partial charge in [-0.05, 0) is 25.5 Å². The number of hydrogen-bond donors (Lipinski definition) is 1. The van der Waals surface area contributed by atoms with Gasteiger partial charge in [0.05, 0.1) is 15.1 Å². The van der Waals surface area contributed by atoms with Crippen molar-refractivity contribution in [2.75, 3.05) is 13.1 Å². The molecule has 1 atom stereocenters. The van der Waals surface area contributed by atoms with Crippen LogP contribution in [0.4, 0.5) is 0 Å². The smallest absolute Gasteiger partial charge is 0.139 e. The van der Waals surface area contributed by atoms with E-state index in [4.69, 9.17) is 39.5 Å². The van der Waals surface area contributed by atoms with Gasteiger partial charge < -0.3 is 10.1 Å². The van der Waals surface area contributed by atoms with Crippen molar-refractivity contribution in [3.8, 4) is 5.75 Å². The van der Waals surface area contributed by atoms with Crippen molar-refractivity contribution >= 4 is 34.8 Å². The van der Waals surface area contributed by atoms with Gasteiger partial charge in [0.1, 0.15) is 11.9 Å². The maximum atomic E-state index is 6.08. The normalized spacial score (nSPS) is 12.5. The average Bonchev–Trinajstić information content (AvgIpc) is 2.34. The van der Waals surface area contributed by atoms with Gasteiger partial charge >= 0.3 is 0 Å². The Hall–Kier alpha value is -0.150. The summed E-state index contributed by atoms with van der Waals surface area (Å²) in [5.74, 6) is 0.580. The molecule has 0 heterocycles. The predicted molar refractivity (Wildman–Crippen MR) is 79.3 cm³/mol. The minimum absolute atomic E-state index is 0.0753. The second-order valence-electron chi connectivity index (χ2n) is 4.05. The summed E-state index contributed by atoms with van der Waals surface area (Å²) in [6.45, 7) is 5.98. The fraction of sp³-hybridized carbons (Fsp3) is 0.538. The third-order valence-electron chi connectivity index (χ3n) is 2.52. The summed E-state index contributed by atoms with van der Waals surface area (Å²) in [5.41, 5.74) is 0. The molecule has 0 aromatic heterocycles. The first kappa shape index (κ1) is 15.9. The summed E-state index contributed by atoms with van der Waals surface area (Å²) in [6, 6.07) is 3.27. The monoisotopic (exact) mass is 309 g/mol. The average molecular weight is 311 g/mol. The largest absolute Gasteiger partial charge is 0.487 e. The maximum Gasteiger partial charge on any atom is 0.139 e. The molecule has 1 rings (SSSR count). The molecule has 0 saturated heterocycles. The van der Waals surface area contributed by atoms with Crippen LogP contribution in [0.3, 0.4) is 0 Å². The quantitative estimate of drug-likeness (QED) is 0.577. The summed E-state index contributed by atoms with van der Waals surface area (Å²) in [4.78, 5) is 0. The second kappa shape index (κ2) is 8.11.